The third-order valence-electron chi connectivity index (χ3n) is 1.78. The van der Waals surface area contributed by atoms with Gasteiger partial charge in [0.25, 0.3) is 0 Å². The molecule has 0 unspecified atom stereocenters. The average Bonchev–Trinajstić information content (AvgIpc) is 2.02. The van der Waals surface area contributed by atoms with E-state index in [0.29, 0.717) is 12.5 Å². The Morgan fingerprint density at radius 3 is 2.50 bits per heavy atom. The maximum atomic E-state index is 11.2. The molecule has 0 radical (unpaired) electrons. The molecule has 0 saturated heterocycles. The minimum absolute atomic E-state index is 0.241. The summed E-state index contributed by atoms with van der Waals surface area (Å²) < 4.78 is 0. The van der Waals surface area contributed by atoms with E-state index in [2.05, 4.69) is 19.2 Å². The fourth-order valence-electron chi connectivity index (χ4n) is 0.833. The van der Waals surface area contributed by atoms with Gasteiger partial charge in [-0.1, -0.05) is 19.9 Å². The molecule has 0 rings (SSSR count). The first-order valence-corrected chi connectivity index (χ1v) is 4.47. The molecule has 0 aromatic heterocycles. The highest BCUT2D eigenvalue weighted by atomic mass is 16.1. The zero-order valence-corrected chi connectivity index (χ0v) is 8.48. The normalized spacial score (nSPS) is 12.2. The van der Waals surface area contributed by atoms with Crippen molar-refractivity contribution in [2.45, 2.75) is 40.2 Å². The molecule has 0 aliphatic carbocycles. The number of nitrogens with one attached hydrogen (secondary N) is 1. The largest absolute Gasteiger partial charge is 0.314 e. The van der Waals surface area contributed by atoms with E-state index in [1.807, 2.05) is 19.9 Å². The lowest BCUT2D eigenvalue weighted by atomic mass is 10.1. The predicted octanol–water partition coefficient (Wildman–Crippen LogP) is 1.91. The van der Waals surface area contributed by atoms with E-state index in [1.165, 1.54) is 0 Å². The molecular weight excluding hydrogens is 150 g/mol. The second kappa shape index (κ2) is 5.95. The SMILES string of the molecule is C/C=C(\C)C(=O)CCNC(C)C. The first kappa shape index (κ1) is 11.4. The van der Waals surface area contributed by atoms with E-state index >= 15 is 0 Å². The molecule has 0 heterocycles. The summed E-state index contributed by atoms with van der Waals surface area (Å²) in [4.78, 5) is 11.2. The minimum atomic E-state index is 0.241. The molecule has 0 aromatic rings. The third-order valence-corrected chi connectivity index (χ3v) is 1.78. The average molecular weight is 169 g/mol. The summed E-state index contributed by atoms with van der Waals surface area (Å²) in [5.41, 5.74) is 0.862. The van der Waals surface area contributed by atoms with Crippen molar-refractivity contribution in [1.82, 2.24) is 5.32 Å². The van der Waals surface area contributed by atoms with Crippen LogP contribution in [0.2, 0.25) is 0 Å². The molecule has 2 heteroatoms. The Morgan fingerprint density at radius 1 is 1.50 bits per heavy atom. The molecule has 0 amide bonds. The summed E-state index contributed by atoms with van der Waals surface area (Å²) in [6.07, 6.45) is 2.46. The number of ketones is 1. The van der Waals surface area contributed by atoms with E-state index in [1.54, 1.807) is 0 Å². The van der Waals surface area contributed by atoms with E-state index in [0.717, 1.165) is 12.1 Å². The summed E-state index contributed by atoms with van der Waals surface area (Å²) in [7, 11) is 0. The van der Waals surface area contributed by atoms with E-state index in [9.17, 15) is 4.79 Å². The number of carbonyl (C=O) groups excluding carboxylic acids is 1. The van der Waals surface area contributed by atoms with E-state index in [4.69, 9.17) is 0 Å². The number of hydrogen-bond acceptors (Lipinski definition) is 2. The lowest BCUT2D eigenvalue weighted by molar-refractivity contribution is -0.115. The van der Waals surface area contributed by atoms with Crippen molar-refractivity contribution < 1.29 is 4.79 Å². The number of Topliss-reactive ketones (excluding diaryl/α,β-unsaturated/α-hetero) is 1. The van der Waals surface area contributed by atoms with Crippen LogP contribution in [0.1, 0.15) is 34.1 Å². The van der Waals surface area contributed by atoms with Crippen LogP contribution in [0.4, 0.5) is 0 Å². The number of rotatable bonds is 5. The van der Waals surface area contributed by atoms with Gasteiger partial charge in [0.15, 0.2) is 5.78 Å². The number of allylic oxidation sites excluding steroid dienone is 2. The van der Waals surface area contributed by atoms with Gasteiger partial charge in [0.1, 0.15) is 0 Å². The van der Waals surface area contributed by atoms with Gasteiger partial charge in [-0.15, -0.1) is 0 Å². The Labute approximate surface area is 75.0 Å². The second-order valence-corrected chi connectivity index (χ2v) is 3.25. The van der Waals surface area contributed by atoms with Crippen LogP contribution in [0.5, 0.6) is 0 Å². The molecule has 2 nitrogen and oxygen atoms in total. The van der Waals surface area contributed by atoms with Crippen molar-refractivity contribution in [2.75, 3.05) is 6.54 Å². The lowest BCUT2D eigenvalue weighted by Gasteiger charge is -2.06. The van der Waals surface area contributed by atoms with Gasteiger partial charge in [-0.2, -0.15) is 0 Å². The molecule has 12 heavy (non-hydrogen) atoms. The van der Waals surface area contributed by atoms with E-state index in [-0.39, 0.29) is 5.78 Å². The lowest BCUT2D eigenvalue weighted by Crippen LogP contribution is -2.25. The van der Waals surface area contributed by atoms with Gasteiger partial charge in [-0.05, 0) is 19.4 Å². The summed E-state index contributed by atoms with van der Waals surface area (Å²) >= 11 is 0. The maximum absolute atomic E-state index is 11.2. The first-order valence-electron chi connectivity index (χ1n) is 4.47. The topological polar surface area (TPSA) is 29.1 Å². The Bertz CT molecular complexity index is 171. The van der Waals surface area contributed by atoms with Crippen molar-refractivity contribution in [3.63, 3.8) is 0 Å². The van der Waals surface area contributed by atoms with Crippen LogP contribution in [-0.2, 0) is 4.79 Å². The van der Waals surface area contributed by atoms with Crippen LogP contribution in [0.3, 0.4) is 0 Å². The maximum Gasteiger partial charge on any atom is 0.159 e. The van der Waals surface area contributed by atoms with Crippen molar-refractivity contribution in [3.8, 4) is 0 Å². The molecule has 0 aliphatic rings. The van der Waals surface area contributed by atoms with Gasteiger partial charge in [-0.25, -0.2) is 0 Å². The van der Waals surface area contributed by atoms with Crippen molar-refractivity contribution in [3.05, 3.63) is 11.6 Å². The molecular formula is C10H19NO. The van der Waals surface area contributed by atoms with Crippen LogP contribution in [0.25, 0.3) is 0 Å². The Balaban J connectivity index is 3.58. The smallest absolute Gasteiger partial charge is 0.159 e. The summed E-state index contributed by atoms with van der Waals surface area (Å²) in [6, 6.07) is 0.462. The molecule has 0 fully saturated rings. The Morgan fingerprint density at radius 2 is 2.08 bits per heavy atom. The fraction of sp³-hybridized carbons (Fsp3) is 0.700. The van der Waals surface area contributed by atoms with Crippen LogP contribution in [-0.4, -0.2) is 18.4 Å². The molecule has 0 spiro atoms. The zero-order chi connectivity index (χ0) is 9.56. The highest BCUT2D eigenvalue weighted by Crippen LogP contribution is 1.97. The molecule has 0 bridgehead atoms. The standard InChI is InChI=1S/C10H19NO/c1-5-9(4)10(12)6-7-11-8(2)3/h5,8,11H,6-7H2,1-4H3/b9-5+. The third kappa shape index (κ3) is 5.08. The van der Waals surface area contributed by atoms with Crippen LogP contribution in [0.15, 0.2) is 11.6 Å². The van der Waals surface area contributed by atoms with Gasteiger partial charge < -0.3 is 5.32 Å². The Hall–Kier alpha value is -0.630. The van der Waals surface area contributed by atoms with Crippen molar-refractivity contribution in [2.24, 2.45) is 0 Å². The summed E-state index contributed by atoms with van der Waals surface area (Å²) in [5, 5.41) is 3.21. The highest BCUT2D eigenvalue weighted by molar-refractivity contribution is 5.94. The molecule has 70 valence electrons. The minimum Gasteiger partial charge on any atom is -0.314 e. The molecule has 0 aromatic carbocycles. The number of carbonyl (C=O) groups is 1. The first-order chi connectivity index (χ1) is 5.57. The van der Waals surface area contributed by atoms with Gasteiger partial charge in [0, 0.05) is 19.0 Å². The van der Waals surface area contributed by atoms with Crippen molar-refractivity contribution in [1.29, 1.82) is 0 Å². The van der Waals surface area contributed by atoms with Gasteiger partial charge >= 0.3 is 0 Å². The monoisotopic (exact) mass is 169 g/mol. The number of hydrogen-bond donors (Lipinski definition) is 1. The molecule has 0 aliphatic heterocycles. The molecule has 0 saturated carbocycles. The summed E-state index contributed by atoms with van der Waals surface area (Å²) in [6.45, 7) is 8.68. The van der Waals surface area contributed by atoms with E-state index < -0.39 is 0 Å². The highest BCUT2D eigenvalue weighted by Gasteiger charge is 2.02. The predicted molar refractivity (Wildman–Crippen MR) is 52.2 cm³/mol. The van der Waals surface area contributed by atoms with Gasteiger partial charge in [0.05, 0.1) is 0 Å². The summed E-state index contributed by atoms with van der Waals surface area (Å²) in [5.74, 6) is 0.241. The van der Waals surface area contributed by atoms with Crippen molar-refractivity contribution >= 4 is 5.78 Å². The molecule has 1 N–H and O–H groups in total. The van der Waals surface area contributed by atoms with Crippen LogP contribution < -0.4 is 5.32 Å². The van der Waals surface area contributed by atoms with Crippen LogP contribution >= 0.6 is 0 Å². The second-order valence-electron chi connectivity index (χ2n) is 3.25. The van der Waals surface area contributed by atoms with Gasteiger partial charge in [-0.3, -0.25) is 4.79 Å². The van der Waals surface area contributed by atoms with Crippen LogP contribution in [0, 0.1) is 0 Å². The Kier molecular flexibility index (Phi) is 5.64. The van der Waals surface area contributed by atoms with Gasteiger partial charge in [0.2, 0.25) is 0 Å². The zero-order valence-electron chi connectivity index (χ0n) is 8.48. The fourth-order valence-corrected chi connectivity index (χ4v) is 0.833. The quantitative estimate of drug-likeness (QED) is 0.637. The molecule has 0 atom stereocenters.